The van der Waals surface area contributed by atoms with Crippen molar-refractivity contribution in [2.45, 2.75) is 101 Å². The van der Waals surface area contributed by atoms with E-state index in [1.165, 1.54) is 57.8 Å². The lowest BCUT2D eigenvalue weighted by molar-refractivity contribution is 0.0498. The second kappa shape index (κ2) is 10.1. The van der Waals surface area contributed by atoms with E-state index in [2.05, 4.69) is 15.2 Å². The minimum absolute atomic E-state index is 0.0997. The molecule has 33 heavy (non-hydrogen) atoms. The summed E-state index contributed by atoms with van der Waals surface area (Å²) in [6.07, 6.45) is 13.1. The minimum atomic E-state index is -0.922. The maximum atomic E-state index is 13.6. The van der Waals surface area contributed by atoms with Crippen LogP contribution >= 0.6 is 0 Å². The number of hydrogen-bond donors (Lipinski definition) is 3. The van der Waals surface area contributed by atoms with Crippen molar-refractivity contribution in [3.05, 3.63) is 34.6 Å². The number of aromatic nitrogens is 2. The highest BCUT2D eigenvalue weighted by Crippen LogP contribution is 2.44. The molecule has 3 fully saturated rings. The minimum Gasteiger partial charge on any atom is -0.394 e. The first kappa shape index (κ1) is 22.8. The van der Waals surface area contributed by atoms with Gasteiger partial charge >= 0.3 is 0 Å². The monoisotopic (exact) mass is 454 g/mol. The summed E-state index contributed by atoms with van der Waals surface area (Å²) in [5.74, 6) is 0.260. The number of fused-ring (bicyclic) bond motifs is 3. The van der Waals surface area contributed by atoms with Gasteiger partial charge in [0.05, 0.1) is 23.7 Å². The number of nitrogens with zero attached hydrogens (tertiary/aromatic N) is 3. The van der Waals surface area contributed by atoms with Gasteiger partial charge in [0.25, 0.3) is 5.56 Å². The number of hydrogen-bond acceptors (Lipinski definition) is 6. The molecule has 7 nitrogen and oxygen atoms in total. The van der Waals surface area contributed by atoms with Crippen LogP contribution in [0.2, 0.25) is 0 Å². The molecule has 1 aliphatic carbocycles. The Morgan fingerprint density at radius 3 is 2.30 bits per heavy atom. The number of piperidine rings is 1. The highest BCUT2D eigenvalue weighted by atomic mass is 16.3. The van der Waals surface area contributed by atoms with E-state index in [1.807, 2.05) is 28.8 Å². The van der Waals surface area contributed by atoms with Crippen LogP contribution in [0.1, 0.15) is 76.7 Å². The van der Waals surface area contributed by atoms with Crippen molar-refractivity contribution in [2.75, 3.05) is 18.5 Å². The average molecular weight is 455 g/mol. The summed E-state index contributed by atoms with van der Waals surface area (Å²) in [5.41, 5.74) is 1.55. The smallest absolute Gasteiger partial charge is 0.294 e. The first-order chi connectivity index (χ1) is 16.2. The Morgan fingerprint density at radius 2 is 1.61 bits per heavy atom. The molecular weight excluding hydrogens is 416 g/mol. The van der Waals surface area contributed by atoms with Gasteiger partial charge in [0.15, 0.2) is 5.82 Å². The van der Waals surface area contributed by atoms with Crippen molar-refractivity contribution >= 4 is 16.9 Å². The van der Waals surface area contributed by atoms with Gasteiger partial charge in [-0.25, -0.2) is 4.98 Å². The Labute approximate surface area is 195 Å². The standard InChI is InChI=1S/C26H38N4O3/c31-17-22(32)16-27-25-26(33)30(24-11-7-6-10-23(24)28-25)21-14-19-12-13-20(15-21)29(19)18-8-4-2-1-3-5-9-18/h6-7,10-11,18-22,31-32H,1-5,8-9,12-17H2,(H,27,28)/t19-,20+,21?,22?. The number of nitrogens with one attached hydrogen (secondary N) is 1. The van der Waals surface area contributed by atoms with E-state index in [1.54, 1.807) is 0 Å². The van der Waals surface area contributed by atoms with Crippen LogP contribution in [-0.4, -0.2) is 62.0 Å². The molecule has 3 N–H and O–H groups in total. The molecule has 1 saturated carbocycles. The summed E-state index contributed by atoms with van der Waals surface area (Å²) < 4.78 is 1.97. The van der Waals surface area contributed by atoms with E-state index in [0.717, 1.165) is 23.9 Å². The highest BCUT2D eigenvalue weighted by molar-refractivity contribution is 5.76. The molecule has 4 atom stereocenters. The molecular formula is C26H38N4O3. The van der Waals surface area contributed by atoms with Crippen molar-refractivity contribution in [3.63, 3.8) is 0 Å². The number of rotatable bonds is 6. The van der Waals surface area contributed by atoms with Gasteiger partial charge in [-0.1, -0.05) is 44.2 Å². The lowest BCUT2D eigenvalue weighted by Gasteiger charge is -2.45. The number of aliphatic hydroxyl groups is 2. The van der Waals surface area contributed by atoms with Gasteiger partial charge in [0, 0.05) is 30.7 Å². The summed E-state index contributed by atoms with van der Waals surface area (Å²) in [7, 11) is 0. The third-order valence-corrected chi connectivity index (χ3v) is 8.14. The van der Waals surface area contributed by atoms with Crippen LogP contribution < -0.4 is 10.9 Å². The first-order valence-corrected chi connectivity index (χ1v) is 13.0. The second-order valence-corrected chi connectivity index (χ2v) is 10.3. The molecule has 3 aliphatic rings. The molecule has 0 spiro atoms. The van der Waals surface area contributed by atoms with Crippen LogP contribution in [0.25, 0.3) is 11.0 Å². The summed E-state index contributed by atoms with van der Waals surface area (Å²) >= 11 is 0. The van der Waals surface area contributed by atoms with Crippen molar-refractivity contribution in [2.24, 2.45) is 0 Å². The van der Waals surface area contributed by atoms with Gasteiger partial charge in [0.1, 0.15) is 0 Å². The Kier molecular flexibility index (Phi) is 6.99. The number of benzene rings is 1. The molecule has 2 aromatic rings. The number of anilines is 1. The third kappa shape index (κ3) is 4.68. The van der Waals surface area contributed by atoms with Crippen LogP contribution in [0.5, 0.6) is 0 Å². The molecule has 5 rings (SSSR count). The zero-order valence-electron chi connectivity index (χ0n) is 19.5. The number of aliphatic hydroxyl groups excluding tert-OH is 2. The van der Waals surface area contributed by atoms with Crippen molar-refractivity contribution < 1.29 is 10.2 Å². The normalized spacial score (nSPS) is 27.9. The predicted molar refractivity (Wildman–Crippen MR) is 131 cm³/mol. The molecule has 2 bridgehead atoms. The Morgan fingerprint density at radius 1 is 0.939 bits per heavy atom. The molecule has 2 unspecified atom stereocenters. The SMILES string of the molecule is O=c1c(NCC(O)CO)nc2ccccc2n1C1C[C@H]2CC[C@@H](C1)N2C1CCCCCCC1. The second-order valence-electron chi connectivity index (χ2n) is 10.3. The average Bonchev–Trinajstić information content (AvgIpc) is 3.06. The van der Waals surface area contributed by atoms with Crippen LogP contribution in [0, 0.1) is 0 Å². The molecule has 0 amide bonds. The van der Waals surface area contributed by atoms with Gasteiger partial charge < -0.3 is 20.1 Å². The zero-order valence-corrected chi connectivity index (χ0v) is 19.5. The maximum absolute atomic E-state index is 13.6. The van der Waals surface area contributed by atoms with Crippen molar-refractivity contribution in [1.82, 2.24) is 14.5 Å². The first-order valence-electron chi connectivity index (χ1n) is 13.0. The van der Waals surface area contributed by atoms with E-state index < -0.39 is 6.10 Å². The number of para-hydroxylation sites is 2. The van der Waals surface area contributed by atoms with Crippen LogP contribution in [0.3, 0.4) is 0 Å². The van der Waals surface area contributed by atoms with Gasteiger partial charge in [-0.15, -0.1) is 0 Å². The van der Waals surface area contributed by atoms with Crippen LogP contribution in [0.4, 0.5) is 5.82 Å². The van der Waals surface area contributed by atoms with Gasteiger partial charge in [-0.2, -0.15) is 0 Å². The van der Waals surface area contributed by atoms with Gasteiger partial charge in [-0.05, 0) is 50.7 Å². The Balaban J connectivity index is 1.43. The van der Waals surface area contributed by atoms with Gasteiger partial charge in [-0.3, -0.25) is 9.69 Å². The molecule has 0 radical (unpaired) electrons. The molecule has 2 aliphatic heterocycles. The summed E-state index contributed by atoms with van der Waals surface area (Å²) in [6, 6.07) is 9.85. The molecule has 3 heterocycles. The Hall–Kier alpha value is -1.96. The molecule has 1 aromatic carbocycles. The van der Waals surface area contributed by atoms with Gasteiger partial charge in [0.2, 0.25) is 0 Å². The van der Waals surface area contributed by atoms with E-state index in [9.17, 15) is 9.90 Å². The lowest BCUT2D eigenvalue weighted by Crippen LogP contribution is -2.50. The largest absolute Gasteiger partial charge is 0.394 e. The quantitative estimate of drug-likeness (QED) is 0.619. The van der Waals surface area contributed by atoms with Crippen molar-refractivity contribution in [3.8, 4) is 0 Å². The molecule has 2 saturated heterocycles. The Bertz CT molecular complexity index is 987. The fraction of sp³-hybridized carbons (Fsp3) is 0.692. The maximum Gasteiger partial charge on any atom is 0.294 e. The lowest BCUT2D eigenvalue weighted by atomic mass is 9.89. The summed E-state index contributed by atoms with van der Waals surface area (Å²) in [5, 5.41) is 21.9. The van der Waals surface area contributed by atoms with Crippen LogP contribution in [0.15, 0.2) is 29.1 Å². The topological polar surface area (TPSA) is 90.6 Å². The summed E-state index contributed by atoms with van der Waals surface area (Å²) in [6.45, 7) is -0.250. The third-order valence-electron chi connectivity index (χ3n) is 8.14. The molecule has 7 heteroatoms. The van der Waals surface area contributed by atoms with E-state index in [4.69, 9.17) is 5.11 Å². The van der Waals surface area contributed by atoms with E-state index in [0.29, 0.717) is 18.1 Å². The predicted octanol–water partition coefficient (Wildman–Crippen LogP) is 3.44. The van der Waals surface area contributed by atoms with E-state index in [-0.39, 0.29) is 30.6 Å². The molecule has 1 aromatic heterocycles. The fourth-order valence-electron chi connectivity index (χ4n) is 6.64. The highest BCUT2D eigenvalue weighted by Gasteiger charge is 2.44. The van der Waals surface area contributed by atoms with Crippen LogP contribution in [-0.2, 0) is 0 Å². The fourth-order valence-corrected chi connectivity index (χ4v) is 6.64. The van der Waals surface area contributed by atoms with Crippen molar-refractivity contribution in [1.29, 1.82) is 0 Å². The summed E-state index contributed by atoms with van der Waals surface area (Å²) in [4.78, 5) is 21.0. The molecule has 180 valence electrons. The van der Waals surface area contributed by atoms with E-state index >= 15 is 0 Å². The zero-order chi connectivity index (χ0) is 22.8.